The highest BCUT2D eigenvalue weighted by molar-refractivity contribution is 6.30. The van der Waals surface area contributed by atoms with Crippen LogP contribution in [0.1, 0.15) is 51.1 Å². The maximum atomic E-state index is 6.09. The van der Waals surface area contributed by atoms with E-state index in [0.717, 1.165) is 21.8 Å². The molecule has 146 valence electrons. The molecule has 5 heteroatoms. The summed E-state index contributed by atoms with van der Waals surface area (Å²) in [6.45, 7) is 4.45. The third kappa shape index (κ3) is 4.13. The Kier molecular flexibility index (Phi) is 5.79. The molecule has 0 atom stereocenters. The molecule has 0 bridgehead atoms. The molecule has 1 aromatic carbocycles. The lowest BCUT2D eigenvalue weighted by Gasteiger charge is -2.30. The van der Waals surface area contributed by atoms with Crippen LogP contribution in [0, 0.1) is 0 Å². The average Bonchev–Trinajstić information content (AvgIpc) is 3.14. The average molecular weight is 395 g/mol. The zero-order valence-electron chi connectivity index (χ0n) is 16.5. The molecule has 2 aromatic heterocycles. The largest absolute Gasteiger partial charge is 0.312 e. The van der Waals surface area contributed by atoms with Gasteiger partial charge in [0.05, 0.1) is 0 Å². The number of H-pyrrole nitrogens is 1. The van der Waals surface area contributed by atoms with E-state index >= 15 is 0 Å². The highest BCUT2D eigenvalue weighted by Gasteiger charge is 2.28. The van der Waals surface area contributed by atoms with Crippen LogP contribution >= 0.6 is 11.6 Å². The van der Waals surface area contributed by atoms with Gasteiger partial charge in [-0.3, -0.25) is 10.1 Å². The second-order valence-corrected chi connectivity index (χ2v) is 8.41. The molecule has 0 saturated heterocycles. The molecular formula is C23H27ClN4. The van der Waals surface area contributed by atoms with Gasteiger partial charge in [-0.2, -0.15) is 5.10 Å². The molecule has 0 aliphatic heterocycles. The maximum Gasteiger partial charge on any atom is 0.100 e. The summed E-state index contributed by atoms with van der Waals surface area (Å²) in [5.74, 6) is 0.502. The molecule has 0 unspecified atom stereocenters. The van der Waals surface area contributed by atoms with Gasteiger partial charge in [0, 0.05) is 52.2 Å². The van der Waals surface area contributed by atoms with E-state index in [9.17, 15) is 0 Å². The Labute approximate surface area is 171 Å². The van der Waals surface area contributed by atoms with E-state index in [1.54, 1.807) is 0 Å². The minimum Gasteiger partial charge on any atom is -0.312 e. The van der Waals surface area contributed by atoms with Gasteiger partial charge in [-0.1, -0.05) is 37.6 Å². The Hall–Kier alpha value is -2.17. The van der Waals surface area contributed by atoms with Crippen LogP contribution in [0.3, 0.4) is 0 Å². The first-order chi connectivity index (χ1) is 13.6. The first-order valence-electron chi connectivity index (χ1n) is 10.1. The van der Waals surface area contributed by atoms with Crippen molar-refractivity contribution in [3.63, 3.8) is 0 Å². The Balaban J connectivity index is 1.68. The molecule has 0 radical (unpaired) electrons. The van der Waals surface area contributed by atoms with Crippen LogP contribution in [0.4, 0.5) is 0 Å². The van der Waals surface area contributed by atoms with Crippen LogP contribution in [0.2, 0.25) is 5.02 Å². The fourth-order valence-corrected chi connectivity index (χ4v) is 4.42. The van der Waals surface area contributed by atoms with Crippen LogP contribution in [0.25, 0.3) is 22.4 Å². The highest BCUT2D eigenvalue weighted by Crippen LogP contribution is 2.41. The first kappa shape index (κ1) is 19.2. The number of benzene rings is 1. The Morgan fingerprint density at radius 2 is 1.64 bits per heavy atom. The Morgan fingerprint density at radius 1 is 0.964 bits per heavy atom. The predicted octanol–water partition coefficient (Wildman–Crippen LogP) is 5.82. The van der Waals surface area contributed by atoms with Crippen LogP contribution in [-0.2, 0) is 0 Å². The zero-order valence-corrected chi connectivity index (χ0v) is 17.2. The predicted molar refractivity (Wildman–Crippen MR) is 116 cm³/mol. The second-order valence-electron chi connectivity index (χ2n) is 7.97. The molecule has 1 saturated carbocycles. The van der Waals surface area contributed by atoms with Crippen molar-refractivity contribution < 1.29 is 0 Å². The topological polar surface area (TPSA) is 53.6 Å². The van der Waals surface area contributed by atoms with E-state index < -0.39 is 0 Å². The number of aromatic nitrogens is 3. The van der Waals surface area contributed by atoms with E-state index in [1.165, 1.54) is 36.9 Å². The van der Waals surface area contributed by atoms with Crippen molar-refractivity contribution in [2.75, 3.05) is 0 Å². The van der Waals surface area contributed by atoms with E-state index in [1.807, 2.05) is 36.7 Å². The van der Waals surface area contributed by atoms with Gasteiger partial charge in [-0.15, -0.1) is 0 Å². The minimum atomic E-state index is 0.502. The number of hydrogen-bond acceptors (Lipinski definition) is 3. The number of hydrogen-bond donors (Lipinski definition) is 2. The second kappa shape index (κ2) is 8.46. The molecule has 1 fully saturated rings. The Morgan fingerprint density at radius 3 is 2.29 bits per heavy atom. The standard InChI is InChI=1S/C23H27ClN4/c1-15(2)26-20-9-5-18(6-10-20)23-21(16-11-13-25-14-12-16)22(27-28-23)17-3-7-19(24)8-4-17/h3-4,7-8,11-15,18,20,26H,5-6,9-10H2,1-2H3,(H,27,28)/t18-,20-. The molecule has 3 aromatic rings. The molecule has 2 heterocycles. The van der Waals surface area contributed by atoms with Gasteiger partial charge >= 0.3 is 0 Å². The number of rotatable bonds is 5. The van der Waals surface area contributed by atoms with Crippen molar-refractivity contribution in [2.24, 2.45) is 0 Å². The van der Waals surface area contributed by atoms with Gasteiger partial charge in [0.2, 0.25) is 0 Å². The summed E-state index contributed by atoms with van der Waals surface area (Å²) in [6.07, 6.45) is 8.44. The van der Waals surface area contributed by atoms with Crippen LogP contribution < -0.4 is 5.32 Å². The van der Waals surface area contributed by atoms with E-state index in [4.69, 9.17) is 16.7 Å². The lowest BCUT2D eigenvalue weighted by molar-refractivity contribution is 0.323. The number of halogens is 1. The van der Waals surface area contributed by atoms with Crippen LogP contribution in [0.15, 0.2) is 48.8 Å². The smallest absolute Gasteiger partial charge is 0.100 e. The van der Waals surface area contributed by atoms with Gasteiger partial charge < -0.3 is 5.32 Å². The highest BCUT2D eigenvalue weighted by atomic mass is 35.5. The summed E-state index contributed by atoms with van der Waals surface area (Å²) >= 11 is 6.09. The van der Waals surface area contributed by atoms with Crippen LogP contribution in [-0.4, -0.2) is 27.3 Å². The minimum absolute atomic E-state index is 0.502. The van der Waals surface area contributed by atoms with Crippen molar-refractivity contribution in [1.29, 1.82) is 0 Å². The van der Waals surface area contributed by atoms with Gasteiger partial charge in [-0.25, -0.2) is 0 Å². The third-order valence-corrected chi connectivity index (χ3v) is 5.84. The molecule has 1 aliphatic carbocycles. The summed E-state index contributed by atoms with van der Waals surface area (Å²) in [6, 6.07) is 13.2. The lowest BCUT2D eigenvalue weighted by atomic mass is 9.81. The van der Waals surface area contributed by atoms with Gasteiger partial charge in [0.15, 0.2) is 0 Å². The SMILES string of the molecule is CC(C)N[C@H]1CC[C@H](c2[nH]nc(-c3ccc(Cl)cc3)c2-c2ccncc2)CC1. The molecular weight excluding hydrogens is 368 g/mol. The molecule has 28 heavy (non-hydrogen) atoms. The molecule has 1 aliphatic rings. The first-order valence-corrected chi connectivity index (χ1v) is 10.5. The molecule has 4 nitrogen and oxygen atoms in total. The van der Waals surface area contributed by atoms with E-state index in [-0.39, 0.29) is 0 Å². The number of aromatic amines is 1. The van der Waals surface area contributed by atoms with Crippen molar-refractivity contribution in [1.82, 2.24) is 20.5 Å². The van der Waals surface area contributed by atoms with E-state index in [0.29, 0.717) is 18.0 Å². The van der Waals surface area contributed by atoms with Crippen molar-refractivity contribution in [3.05, 3.63) is 59.5 Å². The number of nitrogens with zero attached hydrogens (tertiary/aromatic N) is 2. The van der Waals surface area contributed by atoms with Crippen LogP contribution in [0.5, 0.6) is 0 Å². The van der Waals surface area contributed by atoms with E-state index in [2.05, 4.69) is 41.4 Å². The van der Waals surface area contributed by atoms with Gasteiger partial charge in [0.1, 0.15) is 5.69 Å². The summed E-state index contributed by atoms with van der Waals surface area (Å²) in [4.78, 5) is 4.19. The third-order valence-electron chi connectivity index (χ3n) is 5.59. The summed E-state index contributed by atoms with van der Waals surface area (Å²) < 4.78 is 0. The van der Waals surface area contributed by atoms with Gasteiger partial charge in [0.25, 0.3) is 0 Å². The zero-order chi connectivity index (χ0) is 19.5. The fraction of sp³-hybridized carbons (Fsp3) is 0.391. The molecule has 4 rings (SSSR count). The quantitative estimate of drug-likeness (QED) is 0.573. The monoisotopic (exact) mass is 394 g/mol. The molecule has 0 spiro atoms. The summed E-state index contributed by atoms with van der Waals surface area (Å²) in [5.41, 5.74) is 5.67. The van der Waals surface area contributed by atoms with Gasteiger partial charge in [-0.05, 0) is 55.5 Å². The lowest BCUT2D eigenvalue weighted by Crippen LogP contribution is -2.37. The number of nitrogens with one attached hydrogen (secondary N) is 2. The fourth-order valence-electron chi connectivity index (χ4n) is 4.30. The van der Waals surface area contributed by atoms with Crippen molar-refractivity contribution >= 4 is 11.6 Å². The molecule has 2 N–H and O–H groups in total. The summed E-state index contributed by atoms with van der Waals surface area (Å²) in [5, 5.41) is 12.5. The maximum absolute atomic E-state index is 6.09. The number of pyridine rings is 1. The van der Waals surface area contributed by atoms with Crippen molar-refractivity contribution in [3.8, 4) is 22.4 Å². The molecule has 0 amide bonds. The normalized spacial score (nSPS) is 19.9. The summed E-state index contributed by atoms with van der Waals surface area (Å²) in [7, 11) is 0. The Bertz CT molecular complexity index is 894. The van der Waals surface area contributed by atoms with Crippen molar-refractivity contribution in [2.45, 2.75) is 57.5 Å².